The highest BCUT2D eigenvalue weighted by atomic mass is 19.4. The van der Waals surface area contributed by atoms with Gasteiger partial charge < -0.3 is 9.67 Å². The number of hydrogen-bond donors (Lipinski definition) is 1. The first kappa shape index (κ1) is 11.3. The molecule has 0 aliphatic rings. The van der Waals surface area contributed by atoms with Gasteiger partial charge in [-0.1, -0.05) is 0 Å². The van der Waals surface area contributed by atoms with Crippen LogP contribution in [-0.2, 0) is 11.3 Å². The van der Waals surface area contributed by atoms with Gasteiger partial charge in [0.05, 0.1) is 12.1 Å². The summed E-state index contributed by atoms with van der Waals surface area (Å²) in [5, 5.41) is 8.47. The fourth-order valence-electron chi connectivity index (χ4n) is 0.921. The molecule has 0 aliphatic carbocycles. The van der Waals surface area contributed by atoms with E-state index in [1.54, 1.807) is 0 Å². The van der Waals surface area contributed by atoms with Crippen molar-refractivity contribution in [2.75, 3.05) is 0 Å². The highest BCUT2D eigenvalue weighted by Crippen LogP contribution is 2.17. The molecule has 15 heavy (non-hydrogen) atoms. The molecule has 1 aromatic heterocycles. The fourth-order valence-corrected chi connectivity index (χ4v) is 0.921. The van der Waals surface area contributed by atoms with Crippen LogP contribution in [0.15, 0.2) is 18.5 Å². The average Bonchev–Trinajstić information content (AvgIpc) is 2.50. The molecule has 0 aromatic carbocycles. The van der Waals surface area contributed by atoms with Gasteiger partial charge in [0.15, 0.2) is 0 Å². The lowest BCUT2D eigenvalue weighted by Crippen LogP contribution is -2.26. The largest absolute Gasteiger partial charge is 0.478 e. The van der Waals surface area contributed by atoms with E-state index in [-0.39, 0.29) is 5.56 Å². The molecule has 0 spiro atoms. The summed E-state index contributed by atoms with van der Waals surface area (Å²) in [4.78, 5) is 20.9. The van der Waals surface area contributed by atoms with E-state index >= 15 is 0 Å². The molecule has 0 radical (unpaired) electrons. The van der Waals surface area contributed by atoms with Crippen LogP contribution < -0.4 is 0 Å². The van der Waals surface area contributed by atoms with Gasteiger partial charge in [0, 0.05) is 12.4 Å². The maximum Gasteiger partial charge on any atom is 0.451 e. The molecule has 1 heterocycles. The second-order valence-corrected chi connectivity index (χ2v) is 2.80. The van der Waals surface area contributed by atoms with Gasteiger partial charge in [-0.25, -0.2) is 4.79 Å². The van der Waals surface area contributed by atoms with Crippen molar-refractivity contribution in [3.63, 3.8) is 0 Å². The van der Waals surface area contributed by atoms with Crippen LogP contribution in [0, 0.1) is 0 Å². The number of carbonyl (C=O) groups excluding carboxylic acids is 1. The molecule has 7 heteroatoms. The molecule has 0 amide bonds. The highest BCUT2D eigenvalue weighted by Gasteiger charge is 2.37. The number of rotatable bonds is 3. The lowest BCUT2D eigenvalue weighted by molar-refractivity contribution is -0.171. The van der Waals surface area contributed by atoms with E-state index in [4.69, 9.17) is 5.11 Å². The van der Waals surface area contributed by atoms with Gasteiger partial charge in [-0.2, -0.15) is 13.2 Å². The van der Waals surface area contributed by atoms with Gasteiger partial charge >= 0.3 is 12.1 Å². The third-order valence-electron chi connectivity index (χ3n) is 1.64. The van der Waals surface area contributed by atoms with Crippen LogP contribution in [0.2, 0.25) is 0 Å². The average molecular weight is 221 g/mol. The first-order valence-corrected chi connectivity index (χ1v) is 3.80. The Morgan fingerprint density at radius 3 is 2.40 bits per heavy atom. The predicted molar refractivity (Wildman–Crippen MR) is 42.5 cm³/mol. The van der Waals surface area contributed by atoms with E-state index in [1.807, 2.05) is 0 Å². The Morgan fingerprint density at radius 1 is 1.40 bits per heavy atom. The monoisotopic (exact) mass is 221 g/mol. The normalized spacial score (nSPS) is 11.4. The second-order valence-electron chi connectivity index (χ2n) is 2.80. The summed E-state index contributed by atoms with van der Waals surface area (Å²) in [5.41, 5.74) is -0.162. The SMILES string of the molecule is O=C(O)c1ccn(CC(=O)C(F)(F)F)c1. The molecule has 1 rings (SSSR count). The van der Waals surface area contributed by atoms with Crippen molar-refractivity contribution in [1.29, 1.82) is 0 Å². The molecule has 4 nitrogen and oxygen atoms in total. The molecular weight excluding hydrogens is 215 g/mol. The summed E-state index contributed by atoms with van der Waals surface area (Å²) < 4.78 is 36.3. The third-order valence-corrected chi connectivity index (χ3v) is 1.64. The Hall–Kier alpha value is -1.79. The van der Waals surface area contributed by atoms with Crippen molar-refractivity contribution in [3.05, 3.63) is 24.0 Å². The van der Waals surface area contributed by atoms with Crippen molar-refractivity contribution in [1.82, 2.24) is 4.57 Å². The summed E-state index contributed by atoms with van der Waals surface area (Å²) in [5.74, 6) is -3.18. The molecule has 0 unspecified atom stereocenters. The van der Waals surface area contributed by atoms with Gasteiger partial charge in [0.2, 0.25) is 0 Å². The minimum absolute atomic E-state index is 0.162. The van der Waals surface area contributed by atoms with E-state index in [9.17, 15) is 22.8 Å². The molecule has 1 aromatic rings. The maximum absolute atomic E-state index is 11.8. The van der Waals surface area contributed by atoms with Gasteiger partial charge in [-0.15, -0.1) is 0 Å². The van der Waals surface area contributed by atoms with E-state index in [0.717, 1.165) is 23.0 Å². The first-order valence-electron chi connectivity index (χ1n) is 3.80. The number of carboxylic acids is 1. The molecule has 0 fully saturated rings. The number of aromatic carboxylic acids is 1. The van der Waals surface area contributed by atoms with Gasteiger partial charge in [-0.3, -0.25) is 4.79 Å². The Kier molecular flexibility index (Phi) is 2.83. The number of ketones is 1. The zero-order chi connectivity index (χ0) is 11.6. The molecule has 0 bridgehead atoms. The number of hydrogen-bond acceptors (Lipinski definition) is 2. The highest BCUT2D eigenvalue weighted by molar-refractivity contribution is 5.88. The fraction of sp³-hybridized carbons (Fsp3) is 0.250. The molecular formula is C8H6F3NO3. The number of alkyl halides is 3. The quantitative estimate of drug-likeness (QED) is 0.837. The Bertz CT molecular complexity index is 394. The molecule has 1 N–H and O–H groups in total. The van der Waals surface area contributed by atoms with Crippen molar-refractivity contribution in [2.24, 2.45) is 0 Å². The van der Waals surface area contributed by atoms with Crippen LogP contribution in [0.3, 0.4) is 0 Å². The molecule has 82 valence electrons. The van der Waals surface area contributed by atoms with Crippen LogP contribution in [-0.4, -0.2) is 27.6 Å². The smallest absolute Gasteiger partial charge is 0.451 e. The van der Waals surface area contributed by atoms with E-state index in [0.29, 0.717) is 0 Å². The second kappa shape index (κ2) is 3.76. The van der Waals surface area contributed by atoms with Crippen molar-refractivity contribution in [2.45, 2.75) is 12.7 Å². The van der Waals surface area contributed by atoms with Gasteiger partial charge in [0.1, 0.15) is 0 Å². The maximum atomic E-state index is 11.8. The minimum atomic E-state index is -4.90. The van der Waals surface area contributed by atoms with Gasteiger partial charge in [-0.05, 0) is 6.07 Å². The molecule has 0 saturated heterocycles. The molecule has 0 atom stereocenters. The number of Topliss-reactive ketones (excluding diaryl/α,β-unsaturated/α-hetero) is 1. The van der Waals surface area contributed by atoms with Crippen LogP contribution in [0.25, 0.3) is 0 Å². The van der Waals surface area contributed by atoms with Crippen molar-refractivity contribution < 1.29 is 27.9 Å². The number of aromatic nitrogens is 1. The zero-order valence-electron chi connectivity index (χ0n) is 7.28. The minimum Gasteiger partial charge on any atom is -0.478 e. The Morgan fingerprint density at radius 2 is 2.00 bits per heavy atom. The summed E-state index contributed by atoms with van der Waals surface area (Å²) in [6.45, 7) is -0.906. The Balaban J connectivity index is 2.74. The predicted octanol–water partition coefficient (Wildman–Crippen LogP) is 1.32. The summed E-state index contributed by atoms with van der Waals surface area (Å²) in [6.07, 6.45) is -2.83. The number of carboxylic acid groups (broad SMARTS) is 1. The van der Waals surface area contributed by atoms with Crippen LogP contribution in [0.5, 0.6) is 0 Å². The van der Waals surface area contributed by atoms with Crippen LogP contribution >= 0.6 is 0 Å². The number of nitrogens with zero attached hydrogens (tertiary/aromatic N) is 1. The number of halogens is 3. The van der Waals surface area contributed by atoms with Crippen molar-refractivity contribution >= 4 is 11.8 Å². The summed E-state index contributed by atoms with van der Waals surface area (Å²) in [6, 6.07) is 1.12. The molecule has 0 aliphatic heterocycles. The molecule has 0 saturated carbocycles. The summed E-state index contributed by atoms with van der Waals surface area (Å²) in [7, 11) is 0. The van der Waals surface area contributed by atoms with Crippen LogP contribution in [0.4, 0.5) is 13.2 Å². The lowest BCUT2D eigenvalue weighted by atomic mass is 10.3. The van der Waals surface area contributed by atoms with Gasteiger partial charge in [0.25, 0.3) is 5.78 Å². The van der Waals surface area contributed by atoms with E-state index < -0.39 is 24.5 Å². The lowest BCUT2D eigenvalue weighted by Gasteiger charge is -2.05. The number of carbonyl (C=O) groups is 2. The summed E-state index contributed by atoms with van der Waals surface area (Å²) >= 11 is 0. The van der Waals surface area contributed by atoms with E-state index in [2.05, 4.69) is 0 Å². The van der Waals surface area contributed by atoms with Crippen LogP contribution in [0.1, 0.15) is 10.4 Å². The zero-order valence-corrected chi connectivity index (χ0v) is 7.28. The van der Waals surface area contributed by atoms with E-state index in [1.165, 1.54) is 0 Å². The Labute approximate surface area is 81.9 Å². The first-order chi connectivity index (χ1) is 6.80. The van der Waals surface area contributed by atoms with Crippen molar-refractivity contribution in [3.8, 4) is 0 Å². The topological polar surface area (TPSA) is 59.3 Å². The standard InChI is InChI=1S/C8H6F3NO3/c9-8(10,11)6(13)4-12-2-1-5(3-12)7(14)15/h1-3H,4H2,(H,14,15). The third kappa shape index (κ3) is 2.83.